The smallest absolute Gasteiger partial charge is 0.306 e. The number of esters is 1. The number of carbonyl (C=O) groups is 2. The van der Waals surface area contributed by atoms with Gasteiger partial charge in [-0.05, 0) is 18.3 Å². The zero-order valence-corrected chi connectivity index (χ0v) is 13.6. The maximum absolute atomic E-state index is 12.7. The predicted octanol–water partition coefficient (Wildman–Crippen LogP) is 1.52. The summed E-state index contributed by atoms with van der Waals surface area (Å²) >= 11 is 0. The lowest BCUT2D eigenvalue weighted by Crippen LogP contribution is -2.51. The van der Waals surface area contributed by atoms with E-state index in [0.717, 1.165) is 45.6 Å². The van der Waals surface area contributed by atoms with Gasteiger partial charge in [-0.1, -0.05) is 20.3 Å². The first-order valence-electron chi connectivity index (χ1n) is 8.02. The van der Waals surface area contributed by atoms with Crippen molar-refractivity contribution in [2.45, 2.75) is 39.5 Å². The summed E-state index contributed by atoms with van der Waals surface area (Å²) in [5.74, 6) is 0.366. The first-order chi connectivity index (χ1) is 9.94. The Hall–Kier alpha value is -1.10. The van der Waals surface area contributed by atoms with E-state index in [1.165, 1.54) is 13.5 Å². The van der Waals surface area contributed by atoms with Crippen molar-refractivity contribution in [3.63, 3.8) is 0 Å². The second kappa shape index (κ2) is 6.77. The Morgan fingerprint density at radius 3 is 2.38 bits per heavy atom. The summed E-state index contributed by atoms with van der Waals surface area (Å²) in [4.78, 5) is 28.1. The Morgan fingerprint density at radius 2 is 1.86 bits per heavy atom. The van der Waals surface area contributed by atoms with Crippen LogP contribution in [0, 0.1) is 11.3 Å². The molecule has 1 heterocycles. The molecule has 2 fully saturated rings. The van der Waals surface area contributed by atoms with Gasteiger partial charge >= 0.3 is 5.97 Å². The van der Waals surface area contributed by atoms with Crippen LogP contribution in [-0.4, -0.2) is 61.5 Å². The number of hydrogen-bond acceptors (Lipinski definition) is 4. The van der Waals surface area contributed by atoms with Gasteiger partial charge in [0.15, 0.2) is 0 Å². The van der Waals surface area contributed by atoms with Gasteiger partial charge in [-0.15, -0.1) is 0 Å². The molecule has 1 atom stereocenters. The van der Waals surface area contributed by atoms with Crippen molar-refractivity contribution in [3.8, 4) is 0 Å². The van der Waals surface area contributed by atoms with Gasteiger partial charge < -0.3 is 9.64 Å². The average Bonchev–Trinajstić information content (AvgIpc) is 2.84. The van der Waals surface area contributed by atoms with Gasteiger partial charge in [0, 0.05) is 38.6 Å². The molecule has 0 aromatic carbocycles. The number of piperazine rings is 1. The molecule has 21 heavy (non-hydrogen) atoms. The lowest BCUT2D eigenvalue weighted by Gasteiger charge is -2.38. The standard InChI is InChI=1S/C16H28N2O3/c1-16(2)7-4-5-13(16)15(20)18-11-9-17(10-12-18)8-6-14(19)21-3/h13H,4-12H2,1-3H3. The first-order valence-corrected chi connectivity index (χ1v) is 8.02. The molecule has 1 aliphatic carbocycles. The predicted molar refractivity (Wildman–Crippen MR) is 80.8 cm³/mol. The maximum atomic E-state index is 12.7. The molecule has 120 valence electrons. The van der Waals surface area contributed by atoms with Crippen LogP contribution >= 0.6 is 0 Å². The first kappa shape index (κ1) is 16.3. The molecule has 1 aliphatic heterocycles. The quantitative estimate of drug-likeness (QED) is 0.738. The molecule has 2 rings (SSSR count). The molecule has 0 radical (unpaired) electrons. The zero-order chi connectivity index (χ0) is 15.5. The third-order valence-electron chi connectivity index (χ3n) is 5.10. The van der Waals surface area contributed by atoms with Gasteiger partial charge in [-0.25, -0.2) is 0 Å². The molecule has 0 aromatic rings. The van der Waals surface area contributed by atoms with Gasteiger partial charge in [0.05, 0.1) is 13.5 Å². The van der Waals surface area contributed by atoms with Gasteiger partial charge in [0.2, 0.25) is 5.91 Å². The van der Waals surface area contributed by atoms with Gasteiger partial charge in [0.25, 0.3) is 0 Å². The van der Waals surface area contributed by atoms with Crippen molar-refractivity contribution in [2.24, 2.45) is 11.3 Å². The number of nitrogens with zero attached hydrogens (tertiary/aromatic N) is 2. The summed E-state index contributed by atoms with van der Waals surface area (Å²) in [6, 6.07) is 0. The average molecular weight is 296 g/mol. The van der Waals surface area contributed by atoms with E-state index in [9.17, 15) is 9.59 Å². The summed E-state index contributed by atoms with van der Waals surface area (Å²) in [5.41, 5.74) is 0.152. The Balaban J connectivity index is 1.78. The van der Waals surface area contributed by atoms with Crippen LogP contribution in [-0.2, 0) is 14.3 Å². The van der Waals surface area contributed by atoms with E-state index in [1.807, 2.05) is 4.90 Å². The van der Waals surface area contributed by atoms with Crippen molar-refractivity contribution < 1.29 is 14.3 Å². The van der Waals surface area contributed by atoms with E-state index >= 15 is 0 Å². The largest absolute Gasteiger partial charge is 0.469 e. The minimum atomic E-state index is -0.166. The Morgan fingerprint density at radius 1 is 1.19 bits per heavy atom. The third-order valence-corrected chi connectivity index (χ3v) is 5.10. The minimum Gasteiger partial charge on any atom is -0.469 e. The normalized spacial score (nSPS) is 25.9. The van der Waals surface area contributed by atoms with Crippen LogP contribution in [0.5, 0.6) is 0 Å². The second-order valence-corrected chi connectivity index (χ2v) is 6.93. The van der Waals surface area contributed by atoms with E-state index in [4.69, 9.17) is 0 Å². The Kier molecular flexibility index (Phi) is 5.25. The maximum Gasteiger partial charge on any atom is 0.306 e. The molecule has 0 spiro atoms. The lowest BCUT2D eigenvalue weighted by atomic mass is 9.81. The Labute approximate surface area is 127 Å². The summed E-state index contributed by atoms with van der Waals surface area (Å²) in [5, 5.41) is 0. The van der Waals surface area contributed by atoms with E-state index in [2.05, 4.69) is 23.5 Å². The highest BCUT2D eigenvalue weighted by molar-refractivity contribution is 5.80. The molecule has 5 heteroatoms. The number of rotatable bonds is 4. The van der Waals surface area contributed by atoms with Crippen LogP contribution in [0.15, 0.2) is 0 Å². The summed E-state index contributed by atoms with van der Waals surface area (Å²) in [7, 11) is 1.42. The lowest BCUT2D eigenvalue weighted by molar-refractivity contribution is -0.143. The fourth-order valence-corrected chi connectivity index (χ4v) is 3.55. The monoisotopic (exact) mass is 296 g/mol. The summed E-state index contributed by atoms with van der Waals surface area (Å²) in [6.07, 6.45) is 3.79. The summed E-state index contributed by atoms with van der Waals surface area (Å²) in [6.45, 7) is 8.44. The van der Waals surface area contributed by atoms with Crippen LogP contribution in [0.2, 0.25) is 0 Å². The third kappa shape index (κ3) is 3.96. The molecule has 0 bridgehead atoms. The molecule has 0 aromatic heterocycles. The molecule has 1 amide bonds. The van der Waals surface area contributed by atoms with Crippen LogP contribution in [0.1, 0.15) is 39.5 Å². The number of amides is 1. The fourth-order valence-electron chi connectivity index (χ4n) is 3.55. The number of methoxy groups -OCH3 is 1. The SMILES string of the molecule is COC(=O)CCN1CCN(C(=O)C2CCCC2(C)C)CC1. The van der Waals surface area contributed by atoms with E-state index in [0.29, 0.717) is 12.3 Å². The minimum absolute atomic E-state index is 0.152. The van der Waals surface area contributed by atoms with E-state index < -0.39 is 0 Å². The number of carbonyl (C=O) groups excluding carboxylic acids is 2. The van der Waals surface area contributed by atoms with E-state index in [-0.39, 0.29) is 17.3 Å². The van der Waals surface area contributed by atoms with Gasteiger partial charge in [-0.3, -0.25) is 14.5 Å². The van der Waals surface area contributed by atoms with Gasteiger partial charge in [-0.2, -0.15) is 0 Å². The fraction of sp³-hybridized carbons (Fsp3) is 0.875. The summed E-state index contributed by atoms with van der Waals surface area (Å²) < 4.78 is 4.66. The topological polar surface area (TPSA) is 49.9 Å². The van der Waals surface area contributed by atoms with Crippen molar-refractivity contribution >= 4 is 11.9 Å². The molecule has 2 aliphatic rings. The highest BCUT2D eigenvalue weighted by Crippen LogP contribution is 2.43. The molecule has 5 nitrogen and oxygen atoms in total. The van der Waals surface area contributed by atoms with E-state index in [1.54, 1.807) is 0 Å². The Bertz CT molecular complexity index is 387. The molecule has 1 saturated carbocycles. The van der Waals surface area contributed by atoms with Crippen LogP contribution in [0.25, 0.3) is 0 Å². The molecular formula is C16H28N2O3. The van der Waals surface area contributed by atoms with Crippen molar-refractivity contribution in [3.05, 3.63) is 0 Å². The number of ether oxygens (including phenoxy) is 1. The molecule has 1 unspecified atom stereocenters. The van der Waals surface area contributed by atoms with Crippen molar-refractivity contribution in [1.82, 2.24) is 9.80 Å². The zero-order valence-electron chi connectivity index (χ0n) is 13.6. The van der Waals surface area contributed by atoms with Crippen LogP contribution in [0.3, 0.4) is 0 Å². The highest BCUT2D eigenvalue weighted by atomic mass is 16.5. The van der Waals surface area contributed by atoms with Crippen LogP contribution in [0.4, 0.5) is 0 Å². The highest BCUT2D eigenvalue weighted by Gasteiger charge is 2.41. The van der Waals surface area contributed by atoms with Crippen LogP contribution < -0.4 is 0 Å². The van der Waals surface area contributed by atoms with Crippen molar-refractivity contribution in [2.75, 3.05) is 39.8 Å². The number of hydrogen-bond donors (Lipinski definition) is 0. The van der Waals surface area contributed by atoms with Crippen molar-refractivity contribution in [1.29, 1.82) is 0 Å². The van der Waals surface area contributed by atoms with Gasteiger partial charge in [0.1, 0.15) is 0 Å². The molecular weight excluding hydrogens is 268 g/mol. The molecule has 0 N–H and O–H groups in total. The second-order valence-electron chi connectivity index (χ2n) is 6.93. The molecule has 1 saturated heterocycles.